The van der Waals surface area contributed by atoms with Crippen LogP contribution in [0, 0.1) is 11.3 Å². The maximum atomic E-state index is 11.5. The summed E-state index contributed by atoms with van der Waals surface area (Å²) in [5.74, 6) is 0.156. The number of carbonyl (C=O) groups excluding carboxylic acids is 1. The zero-order valence-electron chi connectivity index (χ0n) is 8.25. The van der Waals surface area contributed by atoms with Crippen LogP contribution < -0.4 is 0 Å². The van der Waals surface area contributed by atoms with Gasteiger partial charge in [0.15, 0.2) is 0 Å². The normalized spacial score (nSPS) is 34.6. The Balaban J connectivity index is 1.83. The molecule has 2 heteroatoms. The van der Waals surface area contributed by atoms with Gasteiger partial charge in [0, 0.05) is 0 Å². The van der Waals surface area contributed by atoms with E-state index < -0.39 is 0 Å². The van der Waals surface area contributed by atoms with E-state index in [0.29, 0.717) is 0 Å². The number of hydrogen-bond donors (Lipinski definition) is 0. The minimum Gasteiger partial charge on any atom is -0.458 e. The van der Waals surface area contributed by atoms with Gasteiger partial charge in [0.1, 0.15) is 6.10 Å². The Morgan fingerprint density at radius 1 is 1.54 bits per heavy atom. The first-order chi connectivity index (χ1) is 6.09. The summed E-state index contributed by atoms with van der Waals surface area (Å²) < 4.78 is 5.35. The van der Waals surface area contributed by atoms with Gasteiger partial charge in [-0.2, -0.15) is 0 Å². The molecule has 2 atom stereocenters. The molecule has 0 saturated heterocycles. The minimum atomic E-state index is 0.00144. The van der Waals surface area contributed by atoms with Crippen molar-refractivity contribution in [1.29, 1.82) is 0 Å². The fourth-order valence-corrected chi connectivity index (χ4v) is 1.80. The van der Waals surface area contributed by atoms with Crippen LogP contribution in [0.15, 0.2) is 12.2 Å². The predicted octanol–water partition coefficient (Wildman–Crippen LogP) is 2.29. The van der Waals surface area contributed by atoms with Gasteiger partial charge in [-0.3, -0.25) is 4.79 Å². The topological polar surface area (TPSA) is 26.3 Å². The van der Waals surface area contributed by atoms with Gasteiger partial charge in [-0.1, -0.05) is 19.9 Å². The third kappa shape index (κ3) is 1.77. The van der Waals surface area contributed by atoms with Crippen molar-refractivity contribution in [3.63, 3.8) is 0 Å². The molecule has 72 valence electrons. The summed E-state index contributed by atoms with van der Waals surface area (Å²) in [6.07, 6.45) is 7.14. The van der Waals surface area contributed by atoms with Crippen molar-refractivity contribution < 1.29 is 9.53 Å². The number of allylic oxidation sites excluding steroid dienone is 1. The second kappa shape index (κ2) is 2.86. The average Bonchev–Trinajstić information content (AvgIpc) is 2.49. The van der Waals surface area contributed by atoms with E-state index in [4.69, 9.17) is 4.74 Å². The lowest BCUT2D eigenvalue weighted by atomic mass is 10.1. The van der Waals surface area contributed by atoms with E-state index in [9.17, 15) is 4.79 Å². The molecule has 0 bridgehead atoms. The van der Waals surface area contributed by atoms with Gasteiger partial charge in [0.2, 0.25) is 0 Å². The van der Waals surface area contributed by atoms with Crippen LogP contribution in [-0.2, 0) is 9.53 Å². The van der Waals surface area contributed by atoms with Crippen LogP contribution >= 0.6 is 0 Å². The minimum absolute atomic E-state index is 0.00144. The van der Waals surface area contributed by atoms with E-state index in [0.717, 1.165) is 19.3 Å². The fraction of sp³-hybridized carbons (Fsp3) is 0.727. The van der Waals surface area contributed by atoms with Crippen molar-refractivity contribution >= 4 is 5.97 Å². The lowest BCUT2D eigenvalue weighted by molar-refractivity contribution is -0.149. The average molecular weight is 180 g/mol. The first kappa shape index (κ1) is 8.79. The summed E-state index contributed by atoms with van der Waals surface area (Å²) in [4.78, 5) is 11.5. The third-order valence-electron chi connectivity index (χ3n) is 3.03. The van der Waals surface area contributed by atoms with E-state index in [-0.39, 0.29) is 23.4 Å². The van der Waals surface area contributed by atoms with Gasteiger partial charge < -0.3 is 4.74 Å². The summed E-state index contributed by atoms with van der Waals surface area (Å²) in [6.45, 7) is 4.23. The largest absolute Gasteiger partial charge is 0.458 e. The summed E-state index contributed by atoms with van der Waals surface area (Å²) in [5.41, 5.74) is 0.194. The predicted molar refractivity (Wildman–Crippen MR) is 50.1 cm³/mol. The van der Waals surface area contributed by atoms with Crippen molar-refractivity contribution in [2.45, 2.75) is 39.2 Å². The number of hydrogen-bond acceptors (Lipinski definition) is 2. The van der Waals surface area contributed by atoms with Crippen LogP contribution in [0.25, 0.3) is 0 Å². The fourth-order valence-electron chi connectivity index (χ4n) is 1.80. The molecule has 0 aromatic heterocycles. The number of esters is 1. The molecule has 0 N–H and O–H groups in total. The number of ether oxygens (including phenoxy) is 1. The quantitative estimate of drug-likeness (QED) is 0.481. The Labute approximate surface area is 79.0 Å². The van der Waals surface area contributed by atoms with Crippen molar-refractivity contribution in [2.75, 3.05) is 0 Å². The Kier molecular flexibility index (Phi) is 1.94. The van der Waals surface area contributed by atoms with Gasteiger partial charge in [0.25, 0.3) is 0 Å². The maximum absolute atomic E-state index is 11.5. The Hall–Kier alpha value is -0.790. The highest BCUT2D eigenvalue weighted by Gasteiger charge is 2.52. The Morgan fingerprint density at radius 3 is 2.69 bits per heavy atom. The molecule has 2 aliphatic carbocycles. The molecule has 2 rings (SSSR count). The highest BCUT2D eigenvalue weighted by molar-refractivity contribution is 5.77. The maximum Gasteiger partial charge on any atom is 0.310 e. The summed E-state index contributed by atoms with van der Waals surface area (Å²) >= 11 is 0. The molecule has 0 aromatic carbocycles. The Bertz CT molecular complexity index is 253. The molecule has 1 unspecified atom stereocenters. The van der Waals surface area contributed by atoms with Gasteiger partial charge >= 0.3 is 5.97 Å². The smallest absolute Gasteiger partial charge is 0.310 e. The van der Waals surface area contributed by atoms with E-state index in [1.807, 2.05) is 6.08 Å². The molecule has 0 amide bonds. The van der Waals surface area contributed by atoms with E-state index in [2.05, 4.69) is 19.9 Å². The van der Waals surface area contributed by atoms with Crippen LogP contribution in [0.1, 0.15) is 33.1 Å². The monoisotopic (exact) mass is 180 g/mol. The second-order valence-corrected chi connectivity index (χ2v) is 4.73. The molecule has 13 heavy (non-hydrogen) atoms. The van der Waals surface area contributed by atoms with Crippen LogP contribution in [0.4, 0.5) is 0 Å². The molecule has 0 aliphatic heterocycles. The van der Waals surface area contributed by atoms with Gasteiger partial charge in [-0.15, -0.1) is 0 Å². The molecular weight excluding hydrogens is 164 g/mol. The van der Waals surface area contributed by atoms with Crippen molar-refractivity contribution in [2.24, 2.45) is 11.3 Å². The van der Waals surface area contributed by atoms with Crippen molar-refractivity contribution in [3.8, 4) is 0 Å². The van der Waals surface area contributed by atoms with Crippen LogP contribution in [-0.4, -0.2) is 12.1 Å². The van der Waals surface area contributed by atoms with Crippen LogP contribution in [0.3, 0.4) is 0 Å². The summed E-state index contributed by atoms with van der Waals surface area (Å²) in [7, 11) is 0. The lowest BCUT2D eigenvalue weighted by Crippen LogP contribution is -2.17. The summed E-state index contributed by atoms with van der Waals surface area (Å²) in [6, 6.07) is 0. The highest BCUT2D eigenvalue weighted by atomic mass is 16.5. The van der Waals surface area contributed by atoms with Crippen LogP contribution in [0.5, 0.6) is 0 Å². The first-order valence-corrected chi connectivity index (χ1v) is 4.97. The van der Waals surface area contributed by atoms with Crippen LogP contribution in [0.2, 0.25) is 0 Å². The molecule has 2 aliphatic rings. The Morgan fingerprint density at radius 2 is 2.23 bits per heavy atom. The van der Waals surface area contributed by atoms with E-state index >= 15 is 0 Å². The molecule has 0 aromatic rings. The SMILES string of the molecule is CC1(C)C[C@@H]1C(=O)OC1C=CCC1. The van der Waals surface area contributed by atoms with Crippen molar-refractivity contribution in [1.82, 2.24) is 0 Å². The molecule has 0 radical (unpaired) electrons. The first-order valence-electron chi connectivity index (χ1n) is 4.97. The van der Waals surface area contributed by atoms with Gasteiger partial charge in [-0.25, -0.2) is 0 Å². The molecule has 1 saturated carbocycles. The molecule has 0 heterocycles. The van der Waals surface area contributed by atoms with E-state index in [1.165, 1.54) is 0 Å². The van der Waals surface area contributed by atoms with Crippen molar-refractivity contribution in [3.05, 3.63) is 12.2 Å². The third-order valence-corrected chi connectivity index (χ3v) is 3.03. The van der Waals surface area contributed by atoms with Gasteiger partial charge in [-0.05, 0) is 30.8 Å². The number of carbonyl (C=O) groups is 1. The standard InChI is InChI=1S/C11H16O2/c1-11(2)7-9(11)10(12)13-8-5-3-4-6-8/h3,5,8-9H,4,6-7H2,1-2H3/t8?,9-/m1/s1. The molecule has 2 nitrogen and oxygen atoms in total. The number of rotatable bonds is 2. The van der Waals surface area contributed by atoms with Gasteiger partial charge in [0.05, 0.1) is 5.92 Å². The zero-order chi connectivity index (χ0) is 9.47. The summed E-state index contributed by atoms with van der Waals surface area (Å²) in [5, 5.41) is 0. The zero-order valence-corrected chi connectivity index (χ0v) is 8.25. The molecule has 0 spiro atoms. The molecule has 1 fully saturated rings. The van der Waals surface area contributed by atoms with E-state index in [1.54, 1.807) is 0 Å². The second-order valence-electron chi connectivity index (χ2n) is 4.73. The highest BCUT2D eigenvalue weighted by Crippen LogP contribution is 2.52. The lowest BCUT2D eigenvalue weighted by Gasteiger charge is -2.10. The molecular formula is C11H16O2.